The van der Waals surface area contributed by atoms with E-state index in [0.717, 1.165) is 5.01 Å². The normalized spacial score (nSPS) is 12.5. The maximum atomic E-state index is 12.1. The number of aromatic nitrogens is 1. The molecule has 0 aliphatic heterocycles. The molecule has 1 aromatic heterocycles. The minimum absolute atomic E-state index is 0.0158. The number of nitrogens with one attached hydrogen (secondary N) is 1. The Labute approximate surface area is 110 Å². The highest BCUT2D eigenvalue weighted by atomic mass is 32.1. The third kappa shape index (κ3) is 2.79. The lowest BCUT2D eigenvalue weighted by Crippen LogP contribution is -2.56. The maximum Gasteiger partial charge on any atom is 0.263 e. The van der Waals surface area contributed by atoms with Crippen molar-refractivity contribution < 1.29 is 10.0 Å². The quantitative estimate of drug-likeness (QED) is 0.326. The van der Waals surface area contributed by atoms with Gasteiger partial charge in [0, 0.05) is 0 Å². The number of amidine groups is 1. The van der Waals surface area contributed by atoms with Crippen molar-refractivity contribution in [3.05, 3.63) is 16.1 Å². The number of carbonyl (C=O) groups excluding carboxylic acids is 1. The highest BCUT2D eigenvalue weighted by molar-refractivity contribution is 7.13. The first-order valence-corrected chi connectivity index (χ1v) is 6.53. The van der Waals surface area contributed by atoms with Gasteiger partial charge in [0.25, 0.3) is 5.91 Å². The predicted molar refractivity (Wildman–Crippen MR) is 71.0 cm³/mol. The second kappa shape index (κ2) is 5.81. The van der Waals surface area contributed by atoms with E-state index in [4.69, 9.17) is 10.9 Å². The van der Waals surface area contributed by atoms with E-state index >= 15 is 0 Å². The van der Waals surface area contributed by atoms with Crippen LogP contribution in [0.5, 0.6) is 0 Å². The molecule has 7 heteroatoms. The number of oxime groups is 1. The van der Waals surface area contributed by atoms with Crippen molar-refractivity contribution in [2.45, 2.75) is 39.2 Å². The predicted octanol–water partition coefficient (Wildman–Crippen LogP) is 1.49. The van der Waals surface area contributed by atoms with E-state index in [2.05, 4.69) is 15.5 Å². The highest BCUT2D eigenvalue weighted by Gasteiger charge is 2.33. The molecular formula is C11H18N4O2S. The zero-order chi connectivity index (χ0) is 13.8. The van der Waals surface area contributed by atoms with Crippen molar-refractivity contribution in [3.8, 4) is 0 Å². The van der Waals surface area contributed by atoms with Crippen LogP contribution in [0.1, 0.15) is 41.4 Å². The van der Waals surface area contributed by atoms with Gasteiger partial charge in [0.2, 0.25) is 0 Å². The molecule has 0 saturated heterocycles. The summed E-state index contributed by atoms with van der Waals surface area (Å²) in [5, 5.41) is 15.5. The van der Waals surface area contributed by atoms with E-state index in [1.165, 1.54) is 17.5 Å². The Morgan fingerprint density at radius 1 is 1.61 bits per heavy atom. The molecule has 1 heterocycles. The molecule has 0 fully saturated rings. The third-order valence-corrected chi connectivity index (χ3v) is 3.91. The Morgan fingerprint density at radius 2 is 2.22 bits per heavy atom. The van der Waals surface area contributed by atoms with E-state index in [-0.39, 0.29) is 11.7 Å². The summed E-state index contributed by atoms with van der Waals surface area (Å²) in [5.74, 6) is -0.238. The zero-order valence-electron chi connectivity index (χ0n) is 10.7. The molecule has 0 radical (unpaired) electrons. The molecule has 0 unspecified atom stereocenters. The first kappa shape index (κ1) is 14.4. The van der Waals surface area contributed by atoms with Gasteiger partial charge >= 0.3 is 0 Å². The van der Waals surface area contributed by atoms with Crippen molar-refractivity contribution in [2.75, 3.05) is 0 Å². The monoisotopic (exact) mass is 270 g/mol. The molecule has 100 valence electrons. The fourth-order valence-electron chi connectivity index (χ4n) is 1.69. The number of hydrogen-bond acceptors (Lipinski definition) is 5. The molecule has 0 aromatic carbocycles. The third-order valence-electron chi connectivity index (χ3n) is 3.00. The number of hydrogen-bond donors (Lipinski definition) is 3. The molecule has 1 aromatic rings. The van der Waals surface area contributed by atoms with E-state index in [9.17, 15) is 4.79 Å². The topological polar surface area (TPSA) is 101 Å². The lowest BCUT2D eigenvalue weighted by Gasteiger charge is -2.31. The summed E-state index contributed by atoms with van der Waals surface area (Å²) in [7, 11) is 0. The van der Waals surface area contributed by atoms with Gasteiger partial charge in [-0.3, -0.25) is 4.79 Å². The van der Waals surface area contributed by atoms with Crippen LogP contribution in [-0.2, 0) is 0 Å². The van der Waals surface area contributed by atoms with Gasteiger partial charge in [-0.25, -0.2) is 4.98 Å². The molecule has 0 saturated carbocycles. The van der Waals surface area contributed by atoms with E-state index in [1.54, 1.807) is 0 Å². The van der Waals surface area contributed by atoms with Gasteiger partial charge in [0.15, 0.2) is 5.84 Å². The minimum atomic E-state index is -0.816. The largest absolute Gasteiger partial charge is 0.409 e. The molecule has 4 N–H and O–H groups in total. The first-order valence-electron chi connectivity index (χ1n) is 5.72. The lowest BCUT2D eigenvalue weighted by molar-refractivity contribution is 0.0922. The summed E-state index contributed by atoms with van der Waals surface area (Å²) < 4.78 is 0. The first-order chi connectivity index (χ1) is 8.49. The Bertz CT molecular complexity index is 452. The van der Waals surface area contributed by atoms with Crippen LogP contribution in [0.25, 0.3) is 0 Å². The number of nitrogens with two attached hydrogens (primary N) is 1. The fraction of sp³-hybridized carbons (Fsp3) is 0.545. The van der Waals surface area contributed by atoms with Gasteiger partial charge in [-0.15, -0.1) is 11.3 Å². The standard InChI is InChI=1S/C11H18N4O2S/c1-4-11(5-2,10(12)15-17)14-9(16)8-6-13-7(3)18-8/h6,17H,4-5H2,1-3H3,(H2,12,15)(H,14,16). The van der Waals surface area contributed by atoms with Gasteiger partial charge in [-0.2, -0.15) is 0 Å². The summed E-state index contributed by atoms with van der Waals surface area (Å²) in [4.78, 5) is 16.6. The number of aryl methyl sites for hydroxylation is 1. The van der Waals surface area contributed by atoms with Crippen LogP contribution in [0.2, 0.25) is 0 Å². The van der Waals surface area contributed by atoms with E-state index in [1.807, 2.05) is 20.8 Å². The molecule has 0 aliphatic rings. The van der Waals surface area contributed by atoms with Crippen molar-refractivity contribution in [2.24, 2.45) is 10.9 Å². The van der Waals surface area contributed by atoms with Crippen LogP contribution in [0.4, 0.5) is 0 Å². The van der Waals surface area contributed by atoms with Crippen LogP contribution in [0.3, 0.4) is 0 Å². The van der Waals surface area contributed by atoms with Crippen LogP contribution in [0, 0.1) is 6.92 Å². The van der Waals surface area contributed by atoms with Crippen LogP contribution in [-0.4, -0.2) is 27.5 Å². The number of carbonyl (C=O) groups is 1. The van der Waals surface area contributed by atoms with Crippen LogP contribution in [0.15, 0.2) is 11.4 Å². The molecule has 18 heavy (non-hydrogen) atoms. The summed E-state index contributed by atoms with van der Waals surface area (Å²) in [6.07, 6.45) is 2.61. The Balaban J connectivity index is 2.95. The van der Waals surface area contributed by atoms with Crippen molar-refractivity contribution >= 4 is 23.1 Å². The Hall–Kier alpha value is -1.63. The molecule has 0 aliphatic carbocycles. The molecule has 6 nitrogen and oxygen atoms in total. The van der Waals surface area contributed by atoms with Gasteiger partial charge < -0.3 is 16.3 Å². The SMILES string of the molecule is CCC(CC)(NC(=O)c1cnc(C)s1)C(N)=NO. The number of rotatable bonds is 5. The second-order valence-corrected chi connectivity index (χ2v) is 5.21. The summed E-state index contributed by atoms with van der Waals surface area (Å²) >= 11 is 1.31. The zero-order valence-corrected chi connectivity index (χ0v) is 11.5. The molecular weight excluding hydrogens is 252 g/mol. The van der Waals surface area contributed by atoms with Gasteiger partial charge in [-0.1, -0.05) is 19.0 Å². The molecule has 0 atom stereocenters. The highest BCUT2D eigenvalue weighted by Crippen LogP contribution is 2.18. The van der Waals surface area contributed by atoms with Crippen molar-refractivity contribution in [1.82, 2.24) is 10.3 Å². The van der Waals surface area contributed by atoms with Gasteiger partial charge in [0.05, 0.1) is 11.2 Å². The Kier molecular flexibility index (Phi) is 4.66. The maximum absolute atomic E-state index is 12.1. The lowest BCUT2D eigenvalue weighted by atomic mass is 9.91. The van der Waals surface area contributed by atoms with E-state index in [0.29, 0.717) is 17.7 Å². The minimum Gasteiger partial charge on any atom is -0.409 e. The average molecular weight is 270 g/mol. The van der Waals surface area contributed by atoms with Gasteiger partial charge in [0.1, 0.15) is 10.4 Å². The smallest absolute Gasteiger partial charge is 0.263 e. The average Bonchev–Trinajstić information content (AvgIpc) is 2.81. The summed E-state index contributed by atoms with van der Waals surface area (Å²) in [6.45, 7) is 5.58. The number of amides is 1. The second-order valence-electron chi connectivity index (χ2n) is 3.97. The van der Waals surface area contributed by atoms with Crippen LogP contribution >= 0.6 is 11.3 Å². The van der Waals surface area contributed by atoms with Crippen molar-refractivity contribution in [1.29, 1.82) is 0 Å². The van der Waals surface area contributed by atoms with E-state index < -0.39 is 5.54 Å². The summed E-state index contributed by atoms with van der Waals surface area (Å²) in [5.41, 5.74) is 4.86. The molecule has 0 bridgehead atoms. The summed E-state index contributed by atoms with van der Waals surface area (Å²) in [6, 6.07) is 0. The molecule has 1 rings (SSSR count). The molecule has 1 amide bonds. The Morgan fingerprint density at radius 3 is 2.61 bits per heavy atom. The van der Waals surface area contributed by atoms with Crippen molar-refractivity contribution in [3.63, 3.8) is 0 Å². The van der Waals surface area contributed by atoms with Crippen LogP contribution < -0.4 is 11.1 Å². The number of thiazole rings is 1. The fourth-order valence-corrected chi connectivity index (χ4v) is 2.37. The van der Waals surface area contributed by atoms with Gasteiger partial charge in [-0.05, 0) is 19.8 Å². The molecule has 0 spiro atoms. The number of nitrogens with zero attached hydrogens (tertiary/aromatic N) is 2.